The Balaban J connectivity index is 0. The Kier molecular flexibility index (Phi) is 6.20. The molecule has 0 rings (SSSR count). The number of hydrogen-bond donors (Lipinski definition) is 2. The zero-order chi connectivity index (χ0) is 5.86. The van der Waals surface area contributed by atoms with Gasteiger partial charge in [-0.2, -0.15) is 0 Å². The molecular weight excluding hydrogens is 130 g/mol. The minimum absolute atomic E-state index is 0. The lowest BCUT2D eigenvalue weighted by Gasteiger charge is -2.00. The Bertz CT molecular complexity index is 74.4. The van der Waals surface area contributed by atoms with Crippen molar-refractivity contribution in [3.05, 3.63) is 0 Å². The molecule has 1 amide bonds. The predicted octanol–water partition coefficient (Wildman–Crippen LogP) is 1.08. The molecule has 2 N–H and O–H groups in total. The zero-order valence-electron chi connectivity index (χ0n) is 4.84. The van der Waals surface area contributed by atoms with E-state index < -0.39 is 6.09 Å². The summed E-state index contributed by atoms with van der Waals surface area (Å²) in [6, 6.07) is 0.0255. The topological polar surface area (TPSA) is 49.3 Å². The average molecular weight is 140 g/mol. The zero-order valence-corrected chi connectivity index (χ0v) is 5.66. The molecule has 0 radical (unpaired) electrons. The fourth-order valence-electron chi connectivity index (χ4n) is 0.247. The van der Waals surface area contributed by atoms with Crippen LogP contribution in [0.1, 0.15) is 13.8 Å². The third kappa shape index (κ3) is 9.12. The summed E-state index contributed by atoms with van der Waals surface area (Å²) in [6.07, 6.45) is -0.963. The van der Waals surface area contributed by atoms with Crippen molar-refractivity contribution in [1.29, 1.82) is 0 Å². The number of nitrogens with one attached hydrogen (secondary N) is 1. The molecule has 0 aliphatic carbocycles. The molecule has 0 aromatic carbocycles. The molecule has 3 nitrogen and oxygen atoms in total. The van der Waals surface area contributed by atoms with E-state index in [9.17, 15) is 4.79 Å². The molecule has 0 aromatic rings. The van der Waals surface area contributed by atoms with Gasteiger partial charge in [-0.3, -0.25) is 0 Å². The molecule has 0 saturated carbocycles. The molecule has 50 valence electrons. The lowest BCUT2D eigenvalue weighted by Crippen LogP contribution is -2.27. The minimum atomic E-state index is -0.963. The van der Waals surface area contributed by atoms with Crippen LogP contribution in [0.2, 0.25) is 0 Å². The van der Waals surface area contributed by atoms with Crippen LogP contribution < -0.4 is 5.32 Å². The number of rotatable bonds is 1. The summed E-state index contributed by atoms with van der Waals surface area (Å²) in [4.78, 5) is 9.70. The highest BCUT2D eigenvalue weighted by Crippen LogP contribution is 1.72. The van der Waals surface area contributed by atoms with Gasteiger partial charge in [-0.15, -0.1) is 12.4 Å². The van der Waals surface area contributed by atoms with Crippen LogP contribution in [0, 0.1) is 0 Å². The van der Waals surface area contributed by atoms with Crippen LogP contribution in [0.3, 0.4) is 0 Å². The van der Waals surface area contributed by atoms with E-state index in [0.717, 1.165) is 0 Å². The molecular formula is C4H10ClNO2. The second kappa shape index (κ2) is 4.71. The SMILES string of the molecule is CC(C)NC(=O)O.Cl. The van der Waals surface area contributed by atoms with E-state index in [1.54, 1.807) is 13.8 Å². The highest BCUT2D eigenvalue weighted by atomic mass is 35.5. The van der Waals surface area contributed by atoms with Crippen molar-refractivity contribution in [3.63, 3.8) is 0 Å². The first-order valence-electron chi connectivity index (χ1n) is 2.12. The Hall–Kier alpha value is -0.440. The number of hydrogen-bond acceptors (Lipinski definition) is 1. The molecule has 0 aliphatic heterocycles. The minimum Gasteiger partial charge on any atom is -0.465 e. The summed E-state index contributed by atoms with van der Waals surface area (Å²) in [6.45, 7) is 3.54. The van der Waals surface area contributed by atoms with Gasteiger partial charge in [0, 0.05) is 6.04 Å². The Morgan fingerprint density at radius 1 is 1.62 bits per heavy atom. The number of amides is 1. The van der Waals surface area contributed by atoms with Crippen molar-refractivity contribution >= 4 is 18.5 Å². The van der Waals surface area contributed by atoms with Crippen LogP contribution in [0.4, 0.5) is 4.79 Å². The van der Waals surface area contributed by atoms with Crippen molar-refractivity contribution in [2.75, 3.05) is 0 Å². The fourth-order valence-corrected chi connectivity index (χ4v) is 0.247. The summed E-state index contributed by atoms with van der Waals surface area (Å²) < 4.78 is 0. The van der Waals surface area contributed by atoms with Crippen LogP contribution in [0.15, 0.2) is 0 Å². The Morgan fingerprint density at radius 2 is 2.00 bits per heavy atom. The predicted molar refractivity (Wildman–Crippen MR) is 33.5 cm³/mol. The van der Waals surface area contributed by atoms with Crippen molar-refractivity contribution in [3.8, 4) is 0 Å². The summed E-state index contributed by atoms with van der Waals surface area (Å²) >= 11 is 0. The van der Waals surface area contributed by atoms with Crippen molar-refractivity contribution in [2.45, 2.75) is 19.9 Å². The lowest BCUT2D eigenvalue weighted by molar-refractivity contribution is 0.191. The molecule has 0 atom stereocenters. The normalized spacial score (nSPS) is 7.88. The van der Waals surface area contributed by atoms with Crippen LogP contribution in [-0.4, -0.2) is 17.2 Å². The number of carboxylic acid groups (broad SMARTS) is 1. The first kappa shape index (κ1) is 10.5. The van der Waals surface area contributed by atoms with Crippen LogP contribution in [0.25, 0.3) is 0 Å². The van der Waals surface area contributed by atoms with Gasteiger partial charge in [-0.25, -0.2) is 4.79 Å². The third-order valence-corrected chi connectivity index (χ3v) is 0.412. The molecule has 0 heterocycles. The molecule has 8 heavy (non-hydrogen) atoms. The maximum atomic E-state index is 9.70. The van der Waals surface area contributed by atoms with Gasteiger partial charge in [0.05, 0.1) is 0 Å². The molecule has 0 aliphatic rings. The van der Waals surface area contributed by atoms with Crippen molar-refractivity contribution < 1.29 is 9.90 Å². The monoisotopic (exact) mass is 139 g/mol. The van der Waals surface area contributed by atoms with Gasteiger partial charge < -0.3 is 10.4 Å². The fraction of sp³-hybridized carbons (Fsp3) is 0.750. The quantitative estimate of drug-likeness (QED) is 0.571. The van der Waals surface area contributed by atoms with Gasteiger partial charge in [0.2, 0.25) is 0 Å². The molecule has 0 unspecified atom stereocenters. The van der Waals surface area contributed by atoms with Gasteiger partial charge in [0.25, 0.3) is 0 Å². The van der Waals surface area contributed by atoms with E-state index in [0.29, 0.717) is 0 Å². The standard InChI is InChI=1S/C4H9NO2.ClH/c1-3(2)5-4(6)7;/h3,5H,1-2H3,(H,6,7);1H. The third-order valence-electron chi connectivity index (χ3n) is 0.412. The second-order valence-electron chi connectivity index (χ2n) is 1.60. The van der Waals surface area contributed by atoms with Crippen molar-refractivity contribution in [1.82, 2.24) is 5.32 Å². The first-order chi connectivity index (χ1) is 3.13. The van der Waals surface area contributed by atoms with Gasteiger partial charge in [-0.05, 0) is 13.8 Å². The van der Waals surface area contributed by atoms with E-state index in [-0.39, 0.29) is 18.4 Å². The largest absolute Gasteiger partial charge is 0.465 e. The molecule has 0 saturated heterocycles. The number of halogens is 1. The molecule has 0 aromatic heterocycles. The van der Waals surface area contributed by atoms with Gasteiger partial charge in [0.15, 0.2) is 0 Å². The van der Waals surface area contributed by atoms with E-state index >= 15 is 0 Å². The number of carbonyl (C=O) groups is 1. The second-order valence-corrected chi connectivity index (χ2v) is 1.60. The molecule has 0 bridgehead atoms. The first-order valence-corrected chi connectivity index (χ1v) is 2.12. The van der Waals surface area contributed by atoms with E-state index in [1.165, 1.54) is 0 Å². The highest BCUT2D eigenvalue weighted by Gasteiger charge is 1.94. The van der Waals surface area contributed by atoms with Gasteiger partial charge >= 0.3 is 6.09 Å². The summed E-state index contributed by atoms with van der Waals surface area (Å²) in [7, 11) is 0. The summed E-state index contributed by atoms with van der Waals surface area (Å²) in [5, 5.41) is 10.2. The lowest BCUT2D eigenvalue weighted by atomic mass is 10.4. The summed E-state index contributed by atoms with van der Waals surface area (Å²) in [5.41, 5.74) is 0. The van der Waals surface area contributed by atoms with E-state index in [1.807, 2.05) is 0 Å². The van der Waals surface area contributed by atoms with E-state index in [2.05, 4.69) is 5.32 Å². The van der Waals surface area contributed by atoms with Gasteiger partial charge in [0.1, 0.15) is 0 Å². The highest BCUT2D eigenvalue weighted by molar-refractivity contribution is 5.85. The van der Waals surface area contributed by atoms with Crippen LogP contribution in [-0.2, 0) is 0 Å². The average Bonchev–Trinajstić information content (AvgIpc) is 1.27. The van der Waals surface area contributed by atoms with Crippen LogP contribution >= 0.6 is 12.4 Å². The Morgan fingerprint density at radius 3 is 2.00 bits per heavy atom. The Labute approximate surface area is 54.5 Å². The van der Waals surface area contributed by atoms with E-state index in [4.69, 9.17) is 5.11 Å². The maximum absolute atomic E-state index is 9.70. The van der Waals surface area contributed by atoms with Gasteiger partial charge in [-0.1, -0.05) is 0 Å². The summed E-state index contributed by atoms with van der Waals surface area (Å²) in [5.74, 6) is 0. The smallest absolute Gasteiger partial charge is 0.404 e. The van der Waals surface area contributed by atoms with Crippen molar-refractivity contribution in [2.24, 2.45) is 0 Å². The molecule has 0 fully saturated rings. The maximum Gasteiger partial charge on any atom is 0.404 e. The molecule has 0 spiro atoms. The van der Waals surface area contributed by atoms with Crippen LogP contribution in [0.5, 0.6) is 0 Å². The molecule has 4 heteroatoms.